The van der Waals surface area contributed by atoms with Gasteiger partial charge in [0.05, 0.1) is 12.9 Å². The molecule has 8 heteroatoms. The van der Waals surface area contributed by atoms with Gasteiger partial charge >= 0.3 is 5.97 Å². The normalized spacial score (nSPS) is 12.2. The molecule has 0 aliphatic rings. The molecule has 40 heavy (non-hydrogen) atoms. The van der Waals surface area contributed by atoms with Crippen LogP contribution in [-0.4, -0.2) is 60.5 Å². The van der Waals surface area contributed by atoms with Crippen LogP contribution >= 0.6 is 11.8 Å². The van der Waals surface area contributed by atoms with Gasteiger partial charge in [-0.1, -0.05) is 60.7 Å². The van der Waals surface area contributed by atoms with Crippen molar-refractivity contribution in [3.63, 3.8) is 0 Å². The minimum Gasteiger partial charge on any atom is -0.480 e. The number of ether oxygens (including phenoxy) is 1. The van der Waals surface area contributed by atoms with Crippen molar-refractivity contribution in [2.24, 2.45) is 0 Å². The van der Waals surface area contributed by atoms with Gasteiger partial charge in [-0.15, -0.1) is 0 Å². The molecule has 4 rings (SSSR count). The Balaban J connectivity index is 0.00000441. The van der Waals surface area contributed by atoms with Crippen LogP contribution in [0.4, 0.5) is 0 Å². The second-order valence-corrected chi connectivity index (χ2v) is 10.3. The van der Waals surface area contributed by atoms with Gasteiger partial charge in [-0.2, -0.15) is 11.8 Å². The largest absolute Gasteiger partial charge is 0.480 e. The molecule has 0 aliphatic heterocycles. The minimum atomic E-state index is -1.05. The summed E-state index contributed by atoms with van der Waals surface area (Å²) in [6, 6.07) is 26.3. The summed E-state index contributed by atoms with van der Waals surface area (Å²) < 4.78 is 12.1. The van der Waals surface area contributed by atoms with Crippen molar-refractivity contribution in [1.29, 1.82) is 0 Å². The zero-order valence-electron chi connectivity index (χ0n) is 23.1. The smallest absolute Gasteiger partial charge is 0.326 e. The summed E-state index contributed by atoms with van der Waals surface area (Å²) in [5.74, 6) is -0.172. The second-order valence-electron chi connectivity index (χ2n) is 9.27. The molecule has 1 heterocycles. The SMILES string of the molecule is CSCC[C@H](NC(=O)c1ccc(C(OCCc2ccccc2)c2ccco2)cc1-c1ccccc1C)C(=O)O.[Li]. The predicted molar refractivity (Wildman–Crippen MR) is 161 cm³/mol. The number of carboxylic acid groups (broad SMARTS) is 1. The van der Waals surface area contributed by atoms with E-state index in [0.717, 1.165) is 23.1 Å². The molecule has 203 valence electrons. The van der Waals surface area contributed by atoms with E-state index in [1.54, 1.807) is 24.1 Å². The number of hydrogen-bond donors (Lipinski definition) is 2. The topological polar surface area (TPSA) is 88.8 Å². The summed E-state index contributed by atoms with van der Waals surface area (Å²) in [5, 5.41) is 12.4. The number of furan rings is 1. The molecular weight excluding hydrogens is 517 g/mol. The molecule has 0 saturated heterocycles. The van der Waals surface area contributed by atoms with Crippen molar-refractivity contribution >= 4 is 42.5 Å². The molecule has 1 amide bonds. The molecule has 3 aromatic carbocycles. The number of thioether (sulfide) groups is 1. The Morgan fingerprint density at radius 1 is 0.975 bits per heavy atom. The van der Waals surface area contributed by atoms with Crippen molar-refractivity contribution in [3.8, 4) is 11.1 Å². The quantitative estimate of drug-likeness (QED) is 0.194. The second kappa shape index (κ2) is 15.5. The fourth-order valence-corrected chi connectivity index (χ4v) is 4.94. The number of benzene rings is 3. The van der Waals surface area contributed by atoms with Crippen LogP contribution in [0.5, 0.6) is 0 Å². The van der Waals surface area contributed by atoms with Crippen LogP contribution in [0.25, 0.3) is 11.1 Å². The van der Waals surface area contributed by atoms with Crippen molar-refractivity contribution in [2.45, 2.75) is 31.9 Å². The Hall–Kier alpha value is -3.21. The van der Waals surface area contributed by atoms with Crippen molar-refractivity contribution in [1.82, 2.24) is 5.32 Å². The van der Waals surface area contributed by atoms with Gasteiger partial charge in [0.15, 0.2) is 0 Å². The number of hydrogen-bond acceptors (Lipinski definition) is 5. The molecule has 1 unspecified atom stereocenters. The monoisotopic (exact) mass is 550 g/mol. The Kier molecular flexibility index (Phi) is 12.2. The van der Waals surface area contributed by atoms with E-state index in [-0.39, 0.29) is 18.9 Å². The summed E-state index contributed by atoms with van der Waals surface area (Å²) in [6.45, 7) is 2.47. The molecule has 2 atom stereocenters. The average molecular weight is 551 g/mol. The van der Waals surface area contributed by atoms with Gasteiger partial charge in [0, 0.05) is 24.4 Å². The van der Waals surface area contributed by atoms with Crippen molar-refractivity contribution in [3.05, 3.63) is 119 Å². The van der Waals surface area contributed by atoms with Gasteiger partial charge in [0.2, 0.25) is 0 Å². The Bertz CT molecular complexity index is 1380. The zero-order chi connectivity index (χ0) is 27.6. The summed E-state index contributed by atoms with van der Waals surface area (Å²) in [7, 11) is 0. The van der Waals surface area contributed by atoms with E-state index in [0.29, 0.717) is 35.7 Å². The van der Waals surface area contributed by atoms with Gasteiger partial charge in [-0.25, -0.2) is 4.79 Å². The Labute approximate surface area is 251 Å². The molecule has 2 N–H and O–H groups in total. The maximum Gasteiger partial charge on any atom is 0.326 e. The van der Waals surface area contributed by atoms with E-state index in [2.05, 4.69) is 17.4 Å². The molecule has 1 aromatic heterocycles. The molecule has 0 aliphatic carbocycles. The first-order valence-corrected chi connectivity index (χ1v) is 14.3. The van der Waals surface area contributed by atoms with Crippen LogP contribution in [0.3, 0.4) is 0 Å². The van der Waals surface area contributed by atoms with Gasteiger partial charge in [0.25, 0.3) is 5.91 Å². The third-order valence-corrected chi connectivity index (χ3v) is 7.20. The number of nitrogens with one attached hydrogen (secondary N) is 1. The van der Waals surface area contributed by atoms with E-state index < -0.39 is 24.0 Å². The maximum atomic E-state index is 13.4. The molecule has 0 spiro atoms. The summed E-state index contributed by atoms with van der Waals surface area (Å²) >= 11 is 1.54. The minimum absolute atomic E-state index is 0. The van der Waals surface area contributed by atoms with Gasteiger partial charge < -0.3 is 19.6 Å². The molecule has 6 nitrogen and oxygen atoms in total. The number of carboxylic acids is 1. The zero-order valence-corrected chi connectivity index (χ0v) is 23.9. The fraction of sp³-hybridized carbons (Fsp3) is 0.250. The number of carbonyl (C=O) groups is 2. The molecule has 0 bridgehead atoms. The fourth-order valence-electron chi connectivity index (χ4n) is 4.47. The molecule has 0 saturated carbocycles. The van der Waals surface area contributed by atoms with E-state index in [1.807, 2.05) is 79.9 Å². The van der Waals surface area contributed by atoms with Gasteiger partial charge in [0.1, 0.15) is 17.9 Å². The summed E-state index contributed by atoms with van der Waals surface area (Å²) in [6.07, 6.45) is 4.14. The number of aliphatic carboxylic acids is 1. The van der Waals surface area contributed by atoms with Crippen LogP contribution in [0.1, 0.15) is 45.3 Å². The van der Waals surface area contributed by atoms with Crippen molar-refractivity contribution < 1.29 is 23.8 Å². The van der Waals surface area contributed by atoms with Crippen LogP contribution in [-0.2, 0) is 16.0 Å². The van der Waals surface area contributed by atoms with E-state index in [4.69, 9.17) is 9.15 Å². The molecular formula is C32H33LiNO5S. The summed E-state index contributed by atoms with van der Waals surface area (Å²) in [5.41, 5.74) is 5.03. The number of aryl methyl sites for hydroxylation is 1. The third-order valence-electron chi connectivity index (χ3n) is 6.56. The van der Waals surface area contributed by atoms with Gasteiger partial charge in [-0.05, 0) is 83.9 Å². The van der Waals surface area contributed by atoms with E-state index in [9.17, 15) is 14.7 Å². The summed E-state index contributed by atoms with van der Waals surface area (Å²) in [4.78, 5) is 25.2. The molecule has 1 radical (unpaired) electrons. The molecule has 4 aromatic rings. The standard InChI is InChI=1S/C32H33NO5S.Li/c1-22-9-6-7-12-25(22)27-21-24(14-15-26(27)31(34)33-28(32(35)36)17-20-39-2)30(29-13-8-18-37-29)38-19-16-23-10-4-3-5-11-23;/h3-15,18,21,28,30H,16-17,19-20H2,1-2H3,(H,33,34)(H,35,36);/t28-,30?;/m0./s1. The third kappa shape index (κ3) is 8.15. The van der Waals surface area contributed by atoms with Crippen LogP contribution in [0.15, 0.2) is 95.6 Å². The predicted octanol–water partition coefficient (Wildman–Crippen LogP) is 6.16. The Morgan fingerprint density at radius 2 is 1.73 bits per heavy atom. The number of rotatable bonds is 13. The van der Waals surface area contributed by atoms with Crippen molar-refractivity contribution in [2.75, 3.05) is 18.6 Å². The molecule has 0 fully saturated rings. The average Bonchev–Trinajstić information content (AvgIpc) is 3.48. The van der Waals surface area contributed by atoms with Crippen LogP contribution in [0, 0.1) is 6.92 Å². The van der Waals surface area contributed by atoms with E-state index in [1.165, 1.54) is 5.56 Å². The first kappa shape index (κ1) is 31.3. The van der Waals surface area contributed by atoms with E-state index >= 15 is 0 Å². The van der Waals surface area contributed by atoms with Crippen LogP contribution in [0.2, 0.25) is 0 Å². The number of carbonyl (C=O) groups excluding carboxylic acids is 1. The van der Waals surface area contributed by atoms with Crippen LogP contribution < -0.4 is 5.32 Å². The maximum absolute atomic E-state index is 13.4. The first-order valence-electron chi connectivity index (χ1n) is 12.9. The number of amides is 1. The van der Waals surface area contributed by atoms with Gasteiger partial charge in [-0.3, -0.25) is 4.79 Å². The first-order chi connectivity index (χ1) is 19.0. The Morgan fingerprint density at radius 3 is 2.40 bits per heavy atom.